The molecule has 150 valence electrons. The van der Waals surface area contributed by atoms with Crippen LogP contribution in [0.5, 0.6) is 11.5 Å². The van der Waals surface area contributed by atoms with Gasteiger partial charge in [0.15, 0.2) is 6.61 Å². The van der Waals surface area contributed by atoms with Gasteiger partial charge in [-0.3, -0.25) is 9.59 Å². The van der Waals surface area contributed by atoms with E-state index in [0.29, 0.717) is 23.7 Å². The first-order valence-corrected chi connectivity index (χ1v) is 9.35. The molecule has 0 aliphatic heterocycles. The van der Waals surface area contributed by atoms with Crippen LogP contribution in [-0.4, -0.2) is 43.5 Å². The van der Waals surface area contributed by atoms with E-state index in [2.05, 4.69) is 5.32 Å². The number of amides is 2. The van der Waals surface area contributed by atoms with Crippen LogP contribution in [0, 0.1) is 13.8 Å². The molecule has 0 bridgehead atoms. The Bertz CT molecular complexity index is 820. The number of para-hydroxylation sites is 2. The van der Waals surface area contributed by atoms with Crippen molar-refractivity contribution >= 4 is 17.5 Å². The van der Waals surface area contributed by atoms with E-state index in [0.717, 1.165) is 17.5 Å². The van der Waals surface area contributed by atoms with Crippen molar-refractivity contribution in [2.75, 3.05) is 32.1 Å². The molecule has 0 saturated carbocycles. The number of aryl methyl sites for hydroxylation is 2. The molecule has 6 heteroatoms. The number of ether oxygens (including phenoxy) is 2. The largest absolute Gasteiger partial charge is 0.495 e. The van der Waals surface area contributed by atoms with E-state index >= 15 is 0 Å². The van der Waals surface area contributed by atoms with Crippen molar-refractivity contribution in [3.05, 3.63) is 53.6 Å². The summed E-state index contributed by atoms with van der Waals surface area (Å²) in [5, 5.41) is 2.80. The van der Waals surface area contributed by atoms with E-state index in [4.69, 9.17) is 9.47 Å². The van der Waals surface area contributed by atoms with E-state index in [1.54, 1.807) is 19.2 Å². The zero-order valence-corrected chi connectivity index (χ0v) is 17.0. The van der Waals surface area contributed by atoms with Crippen molar-refractivity contribution in [2.24, 2.45) is 0 Å². The van der Waals surface area contributed by atoms with Crippen LogP contribution in [0.4, 0.5) is 5.69 Å². The topological polar surface area (TPSA) is 67.9 Å². The van der Waals surface area contributed by atoms with Gasteiger partial charge in [0.1, 0.15) is 11.5 Å². The average Bonchev–Trinajstić information content (AvgIpc) is 2.68. The number of carbonyl (C=O) groups excluding carboxylic acids is 2. The average molecular weight is 384 g/mol. The van der Waals surface area contributed by atoms with Crippen LogP contribution in [0.15, 0.2) is 42.5 Å². The summed E-state index contributed by atoms with van der Waals surface area (Å²) in [7, 11) is 1.54. The molecule has 0 aliphatic carbocycles. The van der Waals surface area contributed by atoms with E-state index in [1.165, 1.54) is 4.90 Å². The van der Waals surface area contributed by atoms with Gasteiger partial charge in [0.25, 0.3) is 5.91 Å². The molecule has 0 spiro atoms. The lowest BCUT2D eigenvalue weighted by Gasteiger charge is -2.22. The molecule has 0 heterocycles. The van der Waals surface area contributed by atoms with Crippen LogP contribution < -0.4 is 14.8 Å². The Morgan fingerprint density at radius 3 is 2.54 bits per heavy atom. The standard InChI is InChI=1S/C22H28N2O4/c1-5-12-24(14-21(25)23-18-8-6-7-9-19(18)27-4)22(26)15-28-20-13-16(2)10-11-17(20)3/h6-11,13H,5,12,14-15H2,1-4H3,(H,23,25). The monoisotopic (exact) mass is 384 g/mol. The van der Waals surface area contributed by atoms with Gasteiger partial charge in [-0.25, -0.2) is 0 Å². The maximum absolute atomic E-state index is 12.6. The molecule has 2 amide bonds. The quantitative estimate of drug-likeness (QED) is 0.718. The fraction of sp³-hybridized carbons (Fsp3) is 0.364. The molecule has 0 saturated heterocycles. The second-order valence-electron chi connectivity index (χ2n) is 6.62. The highest BCUT2D eigenvalue weighted by atomic mass is 16.5. The number of hydrogen-bond acceptors (Lipinski definition) is 4. The fourth-order valence-electron chi connectivity index (χ4n) is 2.77. The third-order valence-corrected chi connectivity index (χ3v) is 4.26. The number of benzene rings is 2. The lowest BCUT2D eigenvalue weighted by Crippen LogP contribution is -2.41. The van der Waals surface area contributed by atoms with E-state index in [1.807, 2.05) is 51.1 Å². The van der Waals surface area contributed by atoms with Crippen LogP contribution in [0.1, 0.15) is 24.5 Å². The summed E-state index contributed by atoms with van der Waals surface area (Å²) in [4.78, 5) is 26.6. The third kappa shape index (κ3) is 6.01. The van der Waals surface area contributed by atoms with Crippen molar-refractivity contribution < 1.29 is 19.1 Å². The molecule has 2 aromatic rings. The Morgan fingerprint density at radius 2 is 1.82 bits per heavy atom. The second kappa shape index (κ2) is 10.3. The van der Waals surface area contributed by atoms with Gasteiger partial charge in [0.2, 0.25) is 5.91 Å². The number of carbonyl (C=O) groups is 2. The Balaban J connectivity index is 1.98. The van der Waals surface area contributed by atoms with Crippen molar-refractivity contribution in [1.82, 2.24) is 4.90 Å². The highest BCUT2D eigenvalue weighted by Gasteiger charge is 2.18. The Hall–Kier alpha value is -3.02. The van der Waals surface area contributed by atoms with E-state index < -0.39 is 0 Å². The molecule has 0 fully saturated rings. The van der Waals surface area contributed by atoms with Crippen molar-refractivity contribution in [3.63, 3.8) is 0 Å². The molecule has 6 nitrogen and oxygen atoms in total. The first-order valence-electron chi connectivity index (χ1n) is 9.35. The molecule has 28 heavy (non-hydrogen) atoms. The molecule has 0 aromatic heterocycles. The maximum Gasteiger partial charge on any atom is 0.260 e. The zero-order valence-electron chi connectivity index (χ0n) is 17.0. The third-order valence-electron chi connectivity index (χ3n) is 4.26. The molecule has 0 aliphatic rings. The van der Waals surface area contributed by atoms with Crippen molar-refractivity contribution in [1.29, 1.82) is 0 Å². The smallest absolute Gasteiger partial charge is 0.260 e. The summed E-state index contributed by atoms with van der Waals surface area (Å²) in [5.74, 6) is 0.752. The minimum absolute atomic E-state index is 0.0408. The predicted molar refractivity (Wildman–Crippen MR) is 110 cm³/mol. The molecule has 2 aromatic carbocycles. The number of hydrogen-bond donors (Lipinski definition) is 1. The Kier molecular flexibility index (Phi) is 7.87. The van der Waals surface area contributed by atoms with E-state index in [9.17, 15) is 9.59 Å². The van der Waals surface area contributed by atoms with Gasteiger partial charge in [0.05, 0.1) is 19.3 Å². The molecule has 0 radical (unpaired) electrons. The number of anilines is 1. The molecule has 0 unspecified atom stereocenters. The SMILES string of the molecule is CCCN(CC(=O)Nc1ccccc1OC)C(=O)COc1cc(C)ccc1C. The molecule has 1 N–H and O–H groups in total. The molecule has 0 atom stereocenters. The summed E-state index contributed by atoms with van der Waals surface area (Å²) in [5.41, 5.74) is 2.61. The molecule has 2 rings (SSSR count). The minimum Gasteiger partial charge on any atom is -0.495 e. The highest BCUT2D eigenvalue weighted by molar-refractivity contribution is 5.95. The lowest BCUT2D eigenvalue weighted by atomic mass is 10.1. The first kappa shape index (κ1) is 21.3. The fourth-order valence-corrected chi connectivity index (χ4v) is 2.77. The van der Waals surface area contributed by atoms with Crippen LogP contribution in [-0.2, 0) is 9.59 Å². The van der Waals surface area contributed by atoms with Gasteiger partial charge >= 0.3 is 0 Å². The van der Waals surface area contributed by atoms with Gasteiger partial charge in [0, 0.05) is 6.54 Å². The maximum atomic E-state index is 12.6. The van der Waals surface area contributed by atoms with Crippen LogP contribution in [0.3, 0.4) is 0 Å². The molecular weight excluding hydrogens is 356 g/mol. The summed E-state index contributed by atoms with van der Waals surface area (Å²) in [6.45, 7) is 6.20. The summed E-state index contributed by atoms with van der Waals surface area (Å²) in [6, 6.07) is 13.0. The minimum atomic E-state index is -0.280. The molecular formula is C22H28N2O4. The van der Waals surface area contributed by atoms with Gasteiger partial charge in [-0.1, -0.05) is 31.2 Å². The van der Waals surface area contributed by atoms with Gasteiger partial charge < -0.3 is 19.7 Å². The Morgan fingerprint density at radius 1 is 1.07 bits per heavy atom. The van der Waals surface area contributed by atoms with Crippen LogP contribution >= 0.6 is 0 Å². The summed E-state index contributed by atoms with van der Waals surface area (Å²) in [6.07, 6.45) is 0.747. The van der Waals surface area contributed by atoms with Crippen molar-refractivity contribution in [3.8, 4) is 11.5 Å². The van der Waals surface area contributed by atoms with Gasteiger partial charge in [-0.15, -0.1) is 0 Å². The number of nitrogens with zero attached hydrogens (tertiary/aromatic N) is 1. The van der Waals surface area contributed by atoms with Crippen molar-refractivity contribution in [2.45, 2.75) is 27.2 Å². The van der Waals surface area contributed by atoms with Gasteiger partial charge in [-0.05, 0) is 49.6 Å². The number of nitrogens with one attached hydrogen (secondary N) is 1. The summed E-state index contributed by atoms with van der Waals surface area (Å²) < 4.78 is 10.9. The van der Waals surface area contributed by atoms with Crippen LogP contribution in [0.2, 0.25) is 0 Å². The van der Waals surface area contributed by atoms with Gasteiger partial charge in [-0.2, -0.15) is 0 Å². The Labute approximate surface area is 166 Å². The second-order valence-corrected chi connectivity index (χ2v) is 6.62. The first-order chi connectivity index (χ1) is 13.4. The zero-order chi connectivity index (χ0) is 20.5. The number of methoxy groups -OCH3 is 1. The van der Waals surface area contributed by atoms with Crippen LogP contribution in [0.25, 0.3) is 0 Å². The lowest BCUT2D eigenvalue weighted by molar-refractivity contribution is -0.136. The van der Waals surface area contributed by atoms with E-state index in [-0.39, 0.29) is 25.0 Å². The predicted octanol–water partition coefficient (Wildman–Crippen LogP) is 3.57. The highest BCUT2D eigenvalue weighted by Crippen LogP contribution is 2.23. The summed E-state index contributed by atoms with van der Waals surface area (Å²) >= 11 is 0. The normalized spacial score (nSPS) is 10.3. The number of rotatable bonds is 9.